The van der Waals surface area contributed by atoms with E-state index in [1.165, 1.54) is 6.07 Å². The van der Waals surface area contributed by atoms with Crippen molar-refractivity contribution in [3.05, 3.63) is 63.4 Å². The molecule has 204 valence electrons. The van der Waals surface area contributed by atoms with Gasteiger partial charge in [-0.15, -0.1) is 0 Å². The molecule has 2 aromatic rings. The van der Waals surface area contributed by atoms with Crippen LogP contribution in [0.25, 0.3) is 0 Å². The number of nitrogens with one attached hydrogen (secondary N) is 3. The molecular weight excluding hydrogens is 528 g/mol. The Bertz CT molecular complexity index is 1260. The molecule has 2 amide bonds. The number of carbonyl (C=O) groups excluding carboxylic acids is 2. The van der Waals surface area contributed by atoms with Crippen molar-refractivity contribution < 1.29 is 19.1 Å². The highest BCUT2D eigenvalue weighted by Gasteiger charge is 2.66. The van der Waals surface area contributed by atoms with Gasteiger partial charge in [-0.2, -0.15) is 0 Å². The first-order valence-corrected chi connectivity index (χ1v) is 14.0. The number of amides is 2. The molecule has 4 N–H and O–H groups in total. The molecule has 4 unspecified atom stereocenters. The third-order valence-electron chi connectivity index (χ3n) is 8.26. The van der Waals surface area contributed by atoms with Crippen molar-refractivity contribution in [2.24, 2.45) is 5.41 Å². The van der Waals surface area contributed by atoms with E-state index in [1.54, 1.807) is 24.3 Å². The summed E-state index contributed by atoms with van der Waals surface area (Å²) >= 11 is 12.5. The van der Waals surface area contributed by atoms with E-state index in [0.29, 0.717) is 48.4 Å². The fraction of sp³-hybridized carbons (Fsp3) is 0.517. The number of aliphatic hydroxyl groups is 1. The van der Waals surface area contributed by atoms with Gasteiger partial charge in [-0.1, -0.05) is 62.2 Å². The molecule has 1 saturated heterocycles. The van der Waals surface area contributed by atoms with E-state index in [1.807, 2.05) is 6.07 Å². The van der Waals surface area contributed by atoms with Crippen molar-refractivity contribution in [2.45, 2.75) is 88.4 Å². The van der Waals surface area contributed by atoms with Crippen LogP contribution in [0, 0.1) is 11.2 Å². The van der Waals surface area contributed by atoms with Crippen molar-refractivity contribution in [1.29, 1.82) is 0 Å². The normalized spacial score (nSPS) is 30.8. The summed E-state index contributed by atoms with van der Waals surface area (Å²) in [4.78, 5) is 28.1. The summed E-state index contributed by atoms with van der Waals surface area (Å²) in [5.74, 6) is -2.09. The largest absolute Gasteiger partial charge is 0.393 e. The van der Waals surface area contributed by atoms with Gasteiger partial charge in [0, 0.05) is 28.7 Å². The lowest BCUT2D eigenvalue weighted by atomic mass is 9.62. The number of halogens is 3. The molecule has 1 aliphatic carbocycles. The number of benzene rings is 2. The maximum absolute atomic E-state index is 15.8. The summed E-state index contributed by atoms with van der Waals surface area (Å²) in [7, 11) is 0. The maximum Gasteiger partial charge on any atom is 0.238 e. The molecule has 4 atom stereocenters. The monoisotopic (exact) mass is 561 g/mol. The Kier molecular flexibility index (Phi) is 7.27. The Morgan fingerprint density at radius 2 is 1.87 bits per heavy atom. The predicted octanol–water partition coefficient (Wildman–Crippen LogP) is 5.30. The maximum atomic E-state index is 15.8. The van der Waals surface area contributed by atoms with Gasteiger partial charge in [0.1, 0.15) is 11.2 Å². The van der Waals surface area contributed by atoms with Gasteiger partial charge in [0.15, 0.2) is 0 Å². The van der Waals surface area contributed by atoms with Crippen LogP contribution < -0.4 is 16.0 Å². The van der Waals surface area contributed by atoms with Gasteiger partial charge in [0.05, 0.1) is 17.2 Å². The first kappa shape index (κ1) is 27.4. The topological polar surface area (TPSA) is 90.5 Å². The molecule has 0 radical (unpaired) electrons. The minimum absolute atomic E-state index is 0.0629. The fourth-order valence-electron chi connectivity index (χ4n) is 6.66. The van der Waals surface area contributed by atoms with Crippen LogP contribution in [0.2, 0.25) is 10.0 Å². The zero-order chi connectivity index (χ0) is 27.4. The number of fused-ring (bicyclic) bond motifs is 2. The highest BCUT2D eigenvalue weighted by atomic mass is 35.5. The zero-order valence-electron chi connectivity index (χ0n) is 21.8. The van der Waals surface area contributed by atoms with E-state index >= 15 is 4.39 Å². The van der Waals surface area contributed by atoms with E-state index in [0.717, 1.165) is 0 Å². The van der Waals surface area contributed by atoms with Gasteiger partial charge in [0.2, 0.25) is 11.8 Å². The van der Waals surface area contributed by atoms with Crippen molar-refractivity contribution in [2.75, 3.05) is 5.32 Å². The molecule has 3 aliphatic rings. The summed E-state index contributed by atoms with van der Waals surface area (Å²) in [6.45, 7) is 6.23. The Labute approximate surface area is 232 Å². The van der Waals surface area contributed by atoms with E-state index in [4.69, 9.17) is 23.2 Å². The SMILES string of the molecule is CC(C)(C)CC1NC(C(=O)N[C@H]2CC[C@H](O)CC2)C(c2cccc(Cl)c2F)C12C(=O)Nc1cc(Cl)ccc12. The molecule has 38 heavy (non-hydrogen) atoms. The number of anilines is 1. The number of rotatable bonds is 4. The first-order valence-electron chi connectivity index (χ1n) is 13.2. The van der Waals surface area contributed by atoms with Gasteiger partial charge in [-0.25, -0.2) is 4.39 Å². The number of hydrogen-bond acceptors (Lipinski definition) is 4. The first-order chi connectivity index (χ1) is 17.9. The van der Waals surface area contributed by atoms with Crippen LogP contribution >= 0.6 is 23.2 Å². The molecule has 2 aliphatic heterocycles. The second-order valence-electron chi connectivity index (χ2n) is 12.1. The second kappa shape index (κ2) is 10.1. The third-order valence-corrected chi connectivity index (χ3v) is 8.79. The molecular formula is C29H34Cl2FN3O3. The second-order valence-corrected chi connectivity index (χ2v) is 13.0. The Balaban J connectivity index is 1.67. The molecule has 1 spiro atoms. The molecule has 0 aromatic heterocycles. The van der Waals surface area contributed by atoms with Crippen LogP contribution in [0.15, 0.2) is 36.4 Å². The molecule has 2 heterocycles. The van der Waals surface area contributed by atoms with E-state index in [9.17, 15) is 14.7 Å². The number of aliphatic hydroxyl groups excluding tert-OH is 1. The minimum Gasteiger partial charge on any atom is -0.393 e. The van der Waals surface area contributed by atoms with E-state index < -0.39 is 29.2 Å². The summed E-state index contributed by atoms with van der Waals surface area (Å²) < 4.78 is 15.8. The third kappa shape index (κ3) is 4.72. The highest BCUT2D eigenvalue weighted by Crippen LogP contribution is 2.57. The van der Waals surface area contributed by atoms with E-state index in [-0.39, 0.29) is 40.0 Å². The smallest absolute Gasteiger partial charge is 0.238 e. The molecule has 2 fully saturated rings. The van der Waals surface area contributed by atoms with Crippen LogP contribution in [0.1, 0.15) is 69.9 Å². The van der Waals surface area contributed by atoms with Gasteiger partial charge >= 0.3 is 0 Å². The van der Waals surface area contributed by atoms with Crippen LogP contribution in [0.4, 0.5) is 10.1 Å². The molecule has 6 nitrogen and oxygen atoms in total. The van der Waals surface area contributed by atoms with Crippen LogP contribution in [-0.4, -0.2) is 41.2 Å². The highest BCUT2D eigenvalue weighted by molar-refractivity contribution is 6.31. The van der Waals surface area contributed by atoms with Gasteiger partial charge in [0.25, 0.3) is 0 Å². The summed E-state index contributed by atoms with van der Waals surface area (Å²) in [6.07, 6.45) is 2.75. The molecule has 0 bridgehead atoms. The van der Waals surface area contributed by atoms with Crippen molar-refractivity contribution in [3.8, 4) is 0 Å². The number of carbonyl (C=O) groups is 2. The van der Waals surface area contributed by atoms with Crippen molar-refractivity contribution in [1.82, 2.24) is 10.6 Å². The number of hydrogen-bond donors (Lipinski definition) is 4. The minimum atomic E-state index is -1.27. The lowest BCUT2D eigenvalue weighted by Crippen LogP contribution is -2.50. The van der Waals surface area contributed by atoms with Crippen LogP contribution in [0.5, 0.6) is 0 Å². The van der Waals surface area contributed by atoms with Gasteiger partial charge in [-0.3, -0.25) is 9.59 Å². The average molecular weight is 563 g/mol. The fourth-order valence-corrected chi connectivity index (χ4v) is 7.02. The summed E-state index contributed by atoms with van der Waals surface area (Å²) in [5, 5.41) is 19.9. The molecule has 2 aromatic carbocycles. The lowest BCUT2D eigenvalue weighted by Gasteiger charge is -2.38. The zero-order valence-corrected chi connectivity index (χ0v) is 23.3. The average Bonchev–Trinajstić information content (AvgIpc) is 3.31. The molecule has 9 heteroatoms. The van der Waals surface area contributed by atoms with Gasteiger partial charge < -0.3 is 21.1 Å². The van der Waals surface area contributed by atoms with Crippen LogP contribution in [-0.2, 0) is 15.0 Å². The summed E-state index contributed by atoms with van der Waals surface area (Å²) in [6, 6.07) is 8.50. The standard InChI is InChI=1S/C29H34Cl2FN3O3/c1-28(2,3)14-22-29(19-12-7-15(30)13-21(19)34-27(29)38)23(18-5-4-6-20(31)24(18)32)25(35-22)26(37)33-16-8-10-17(36)11-9-16/h4-7,12-13,16-17,22-23,25,35-36H,8-11,14H2,1-3H3,(H,33,37)(H,34,38)/t16-,17-,22?,23?,25?,29?. The van der Waals surface area contributed by atoms with Crippen LogP contribution in [0.3, 0.4) is 0 Å². The molecule has 1 saturated carbocycles. The predicted molar refractivity (Wildman–Crippen MR) is 147 cm³/mol. The van der Waals surface area contributed by atoms with Crippen molar-refractivity contribution >= 4 is 40.7 Å². The van der Waals surface area contributed by atoms with E-state index in [2.05, 4.69) is 36.7 Å². The Morgan fingerprint density at radius 1 is 1.16 bits per heavy atom. The Morgan fingerprint density at radius 3 is 2.55 bits per heavy atom. The summed E-state index contributed by atoms with van der Waals surface area (Å²) in [5.41, 5.74) is -0.00278. The Hall–Kier alpha value is -2.19. The lowest BCUT2D eigenvalue weighted by molar-refractivity contribution is -0.124. The molecule has 5 rings (SSSR count). The van der Waals surface area contributed by atoms with Crippen molar-refractivity contribution in [3.63, 3.8) is 0 Å². The quantitative estimate of drug-likeness (QED) is 0.407. The van der Waals surface area contributed by atoms with Gasteiger partial charge in [-0.05, 0) is 66.8 Å².